The lowest BCUT2D eigenvalue weighted by Gasteiger charge is -2.18. The Kier molecular flexibility index (Phi) is 3.13. The topological polar surface area (TPSA) is 49.4 Å². The summed E-state index contributed by atoms with van der Waals surface area (Å²) in [6.45, 7) is 2.86. The molecule has 0 saturated carbocycles. The summed E-state index contributed by atoms with van der Waals surface area (Å²) in [6, 6.07) is 7.97. The van der Waals surface area contributed by atoms with E-state index in [1.165, 1.54) is 0 Å². The van der Waals surface area contributed by atoms with Crippen LogP contribution in [0.1, 0.15) is 17.5 Å². The van der Waals surface area contributed by atoms with E-state index in [-0.39, 0.29) is 11.7 Å². The zero-order valence-corrected chi connectivity index (χ0v) is 11.1. The number of nitrogens with one attached hydrogen (secondary N) is 1. The molecule has 0 spiro atoms. The van der Waals surface area contributed by atoms with Gasteiger partial charge >= 0.3 is 0 Å². The summed E-state index contributed by atoms with van der Waals surface area (Å²) in [6.07, 6.45) is 0.972. The molecule has 0 bridgehead atoms. The van der Waals surface area contributed by atoms with Gasteiger partial charge in [-0.25, -0.2) is 8.42 Å². The fourth-order valence-electron chi connectivity index (χ4n) is 2.76. The van der Waals surface area contributed by atoms with Gasteiger partial charge in [0.2, 0.25) is 10.0 Å². The Balaban J connectivity index is 1.72. The Morgan fingerprint density at radius 1 is 1.22 bits per heavy atom. The maximum atomic E-state index is 12.4. The highest BCUT2D eigenvalue weighted by Crippen LogP contribution is 2.26. The zero-order chi connectivity index (χ0) is 12.6. The molecule has 2 aliphatic heterocycles. The minimum Gasteiger partial charge on any atom is -0.316 e. The van der Waals surface area contributed by atoms with Gasteiger partial charge in [-0.15, -0.1) is 0 Å². The molecular weight excluding hydrogens is 248 g/mol. The van der Waals surface area contributed by atoms with Crippen LogP contribution >= 0.6 is 0 Å². The van der Waals surface area contributed by atoms with Crippen LogP contribution in [-0.2, 0) is 23.1 Å². The largest absolute Gasteiger partial charge is 0.316 e. The highest BCUT2D eigenvalue weighted by Gasteiger charge is 2.31. The number of sulfonamides is 1. The van der Waals surface area contributed by atoms with Crippen LogP contribution in [0.25, 0.3) is 0 Å². The van der Waals surface area contributed by atoms with Gasteiger partial charge in [-0.3, -0.25) is 0 Å². The maximum absolute atomic E-state index is 12.4. The summed E-state index contributed by atoms with van der Waals surface area (Å²) in [7, 11) is -3.12. The molecule has 5 heteroatoms. The highest BCUT2D eigenvalue weighted by atomic mass is 32.2. The van der Waals surface area contributed by atoms with Crippen LogP contribution < -0.4 is 5.32 Å². The van der Waals surface area contributed by atoms with Crippen LogP contribution in [0.3, 0.4) is 0 Å². The Hall–Kier alpha value is -0.910. The van der Waals surface area contributed by atoms with Gasteiger partial charge in [-0.1, -0.05) is 24.3 Å². The summed E-state index contributed by atoms with van der Waals surface area (Å²) >= 11 is 0. The molecule has 0 aromatic heterocycles. The molecule has 1 unspecified atom stereocenters. The van der Waals surface area contributed by atoms with E-state index in [1.54, 1.807) is 4.31 Å². The van der Waals surface area contributed by atoms with E-state index < -0.39 is 10.0 Å². The van der Waals surface area contributed by atoms with Crippen LogP contribution in [0, 0.1) is 5.92 Å². The fraction of sp³-hybridized carbons (Fsp3) is 0.538. The molecule has 0 radical (unpaired) electrons. The van der Waals surface area contributed by atoms with Crippen molar-refractivity contribution in [2.75, 3.05) is 18.8 Å². The first-order valence-corrected chi connectivity index (χ1v) is 8.01. The molecule has 1 atom stereocenters. The monoisotopic (exact) mass is 266 g/mol. The molecular formula is C13H18N2O2S. The molecule has 1 N–H and O–H groups in total. The van der Waals surface area contributed by atoms with Crippen molar-refractivity contribution >= 4 is 10.0 Å². The SMILES string of the molecule is O=S(=O)(CC1CCNC1)N1Cc2ccccc2C1. The number of rotatable bonds is 3. The van der Waals surface area contributed by atoms with Crippen LogP contribution in [0.2, 0.25) is 0 Å². The Morgan fingerprint density at radius 3 is 2.44 bits per heavy atom. The van der Waals surface area contributed by atoms with Gasteiger partial charge in [-0.05, 0) is 36.6 Å². The highest BCUT2D eigenvalue weighted by molar-refractivity contribution is 7.89. The van der Waals surface area contributed by atoms with E-state index in [2.05, 4.69) is 5.32 Å². The van der Waals surface area contributed by atoms with E-state index in [4.69, 9.17) is 0 Å². The van der Waals surface area contributed by atoms with Crippen molar-refractivity contribution in [3.63, 3.8) is 0 Å². The first-order chi connectivity index (χ1) is 8.65. The number of nitrogens with zero attached hydrogens (tertiary/aromatic N) is 1. The average molecular weight is 266 g/mol. The lowest BCUT2D eigenvalue weighted by atomic mass is 10.1. The second-order valence-corrected chi connectivity index (χ2v) is 7.19. The molecule has 98 valence electrons. The molecule has 1 fully saturated rings. The third-order valence-corrected chi connectivity index (χ3v) is 5.75. The zero-order valence-electron chi connectivity index (χ0n) is 10.3. The second kappa shape index (κ2) is 4.64. The number of benzene rings is 1. The molecule has 0 amide bonds. The predicted octanol–water partition coefficient (Wildman–Crippen LogP) is 0.941. The summed E-state index contributed by atoms with van der Waals surface area (Å²) in [5, 5.41) is 3.22. The van der Waals surface area contributed by atoms with Crippen molar-refractivity contribution in [3.8, 4) is 0 Å². The van der Waals surface area contributed by atoms with Crippen LogP contribution in [0.15, 0.2) is 24.3 Å². The molecule has 4 nitrogen and oxygen atoms in total. The van der Waals surface area contributed by atoms with Crippen LogP contribution in [0.4, 0.5) is 0 Å². The van der Waals surface area contributed by atoms with Crippen molar-refractivity contribution in [2.45, 2.75) is 19.5 Å². The van der Waals surface area contributed by atoms with Crippen LogP contribution in [0.5, 0.6) is 0 Å². The van der Waals surface area contributed by atoms with Crippen LogP contribution in [-0.4, -0.2) is 31.6 Å². The summed E-state index contributed by atoms with van der Waals surface area (Å²) in [5.74, 6) is 0.562. The van der Waals surface area contributed by atoms with Gasteiger partial charge in [0.1, 0.15) is 0 Å². The minimum atomic E-state index is -3.12. The lowest BCUT2D eigenvalue weighted by Crippen LogP contribution is -2.31. The van der Waals surface area contributed by atoms with Crippen molar-refractivity contribution in [3.05, 3.63) is 35.4 Å². The van der Waals surface area contributed by atoms with E-state index in [0.717, 1.165) is 30.6 Å². The van der Waals surface area contributed by atoms with E-state index >= 15 is 0 Å². The van der Waals surface area contributed by atoms with Gasteiger partial charge in [0.05, 0.1) is 5.75 Å². The van der Waals surface area contributed by atoms with Gasteiger partial charge < -0.3 is 5.32 Å². The van der Waals surface area contributed by atoms with Gasteiger partial charge in [-0.2, -0.15) is 4.31 Å². The van der Waals surface area contributed by atoms with Crippen molar-refractivity contribution in [1.29, 1.82) is 0 Å². The predicted molar refractivity (Wildman–Crippen MR) is 70.5 cm³/mol. The average Bonchev–Trinajstić information content (AvgIpc) is 2.96. The van der Waals surface area contributed by atoms with Crippen molar-refractivity contribution in [2.24, 2.45) is 5.92 Å². The third-order valence-electron chi connectivity index (χ3n) is 3.81. The van der Waals surface area contributed by atoms with Crippen molar-refractivity contribution < 1.29 is 8.42 Å². The normalized spacial score (nSPS) is 24.3. The minimum absolute atomic E-state index is 0.277. The first kappa shape index (κ1) is 12.1. The van der Waals surface area contributed by atoms with E-state index in [0.29, 0.717) is 13.1 Å². The van der Waals surface area contributed by atoms with Gasteiger partial charge in [0, 0.05) is 13.1 Å². The Morgan fingerprint density at radius 2 is 1.89 bits per heavy atom. The Bertz CT molecular complexity index is 511. The summed E-state index contributed by atoms with van der Waals surface area (Å²) < 4.78 is 26.3. The maximum Gasteiger partial charge on any atom is 0.215 e. The smallest absolute Gasteiger partial charge is 0.215 e. The summed E-state index contributed by atoms with van der Waals surface area (Å²) in [5.41, 5.74) is 2.29. The molecule has 18 heavy (non-hydrogen) atoms. The van der Waals surface area contributed by atoms with Gasteiger partial charge in [0.25, 0.3) is 0 Å². The number of fused-ring (bicyclic) bond motifs is 1. The molecule has 2 aliphatic rings. The third kappa shape index (κ3) is 2.30. The molecule has 1 aromatic carbocycles. The summed E-state index contributed by atoms with van der Waals surface area (Å²) in [4.78, 5) is 0. The van der Waals surface area contributed by atoms with E-state index in [9.17, 15) is 8.42 Å². The molecule has 1 aromatic rings. The molecule has 3 rings (SSSR count). The number of hydrogen-bond acceptors (Lipinski definition) is 3. The lowest BCUT2D eigenvalue weighted by molar-refractivity contribution is 0.424. The van der Waals surface area contributed by atoms with E-state index in [1.807, 2.05) is 24.3 Å². The fourth-order valence-corrected chi connectivity index (χ4v) is 4.52. The molecule has 1 saturated heterocycles. The first-order valence-electron chi connectivity index (χ1n) is 6.40. The standard InChI is InChI=1S/C13H18N2O2S/c16-18(17,10-11-5-6-14-7-11)15-8-12-3-1-2-4-13(12)9-15/h1-4,11,14H,5-10H2. The molecule has 0 aliphatic carbocycles. The quantitative estimate of drug-likeness (QED) is 0.886. The second-order valence-electron chi connectivity index (χ2n) is 5.17. The molecule has 2 heterocycles. The Labute approximate surface area is 108 Å². The van der Waals surface area contributed by atoms with Gasteiger partial charge in [0.15, 0.2) is 0 Å². The van der Waals surface area contributed by atoms with Crippen molar-refractivity contribution in [1.82, 2.24) is 9.62 Å². The number of hydrogen-bond donors (Lipinski definition) is 1.